The van der Waals surface area contributed by atoms with Crippen LogP contribution in [-0.4, -0.2) is 18.0 Å². The van der Waals surface area contributed by atoms with Crippen LogP contribution >= 0.6 is 0 Å². The Morgan fingerprint density at radius 2 is 1.73 bits per heavy atom. The van der Waals surface area contributed by atoms with Gasteiger partial charge in [0.2, 0.25) is 0 Å². The van der Waals surface area contributed by atoms with Crippen molar-refractivity contribution in [2.24, 2.45) is 5.41 Å². The van der Waals surface area contributed by atoms with Crippen LogP contribution in [0.25, 0.3) is 0 Å². The number of benzene rings is 2. The molecule has 2 atom stereocenters. The molecule has 30 heavy (non-hydrogen) atoms. The van der Waals surface area contributed by atoms with Crippen molar-refractivity contribution >= 4 is 11.9 Å². The van der Waals surface area contributed by atoms with Crippen LogP contribution in [0.3, 0.4) is 0 Å². The molecule has 2 aliphatic rings. The van der Waals surface area contributed by atoms with Crippen LogP contribution in [0, 0.1) is 5.41 Å². The molecule has 1 fully saturated rings. The van der Waals surface area contributed by atoms with Crippen LogP contribution in [0.1, 0.15) is 49.7 Å². The van der Waals surface area contributed by atoms with E-state index >= 15 is 0 Å². The number of carbonyl (C=O) groups is 2. The van der Waals surface area contributed by atoms with E-state index in [0.717, 1.165) is 49.7 Å². The number of rotatable bonds is 8. The van der Waals surface area contributed by atoms with Gasteiger partial charge in [-0.15, -0.1) is 0 Å². The average Bonchev–Trinajstić information content (AvgIpc) is 3.05. The zero-order chi connectivity index (χ0) is 20.8. The fourth-order valence-corrected chi connectivity index (χ4v) is 4.68. The molecule has 156 valence electrons. The highest BCUT2D eigenvalue weighted by molar-refractivity contribution is 5.86. The van der Waals surface area contributed by atoms with Gasteiger partial charge in [-0.2, -0.15) is 0 Å². The lowest BCUT2D eigenvalue weighted by Crippen LogP contribution is -2.31. The van der Waals surface area contributed by atoms with Crippen molar-refractivity contribution in [1.82, 2.24) is 0 Å². The number of fused-ring (bicyclic) bond motifs is 1. The minimum Gasteiger partial charge on any atom is -0.461 e. The van der Waals surface area contributed by atoms with Gasteiger partial charge in [0.05, 0.1) is 11.8 Å². The van der Waals surface area contributed by atoms with E-state index in [1.54, 1.807) is 0 Å². The van der Waals surface area contributed by atoms with E-state index in [1.165, 1.54) is 5.56 Å². The van der Waals surface area contributed by atoms with Crippen molar-refractivity contribution in [3.63, 3.8) is 0 Å². The van der Waals surface area contributed by atoms with E-state index in [4.69, 9.17) is 9.47 Å². The largest absolute Gasteiger partial charge is 0.461 e. The summed E-state index contributed by atoms with van der Waals surface area (Å²) in [5.41, 5.74) is 2.67. The fraction of sp³-hybridized carbons (Fsp3) is 0.385. The molecule has 0 aromatic heterocycles. The molecule has 2 aromatic rings. The maximum atomic E-state index is 12.9. The summed E-state index contributed by atoms with van der Waals surface area (Å²) in [6.07, 6.45) is 7.07. The molecular weight excluding hydrogens is 376 g/mol. The summed E-state index contributed by atoms with van der Waals surface area (Å²) >= 11 is 0. The third-order valence-electron chi connectivity index (χ3n) is 6.22. The maximum Gasteiger partial charge on any atom is 0.316 e. The first kappa shape index (κ1) is 20.4. The molecule has 1 saturated heterocycles. The molecule has 1 unspecified atom stereocenters. The summed E-state index contributed by atoms with van der Waals surface area (Å²) in [4.78, 5) is 25.3. The Morgan fingerprint density at radius 3 is 2.47 bits per heavy atom. The van der Waals surface area contributed by atoms with Gasteiger partial charge in [0.1, 0.15) is 12.7 Å². The molecular formula is C26H28O4. The molecule has 4 nitrogen and oxygen atoms in total. The second-order valence-corrected chi connectivity index (χ2v) is 8.22. The van der Waals surface area contributed by atoms with Crippen molar-refractivity contribution in [3.05, 3.63) is 83.4 Å². The topological polar surface area (TPSA) is 52.6 Å². The second kappa shape index (κ2) is 9.29. The van der Waals surface area contributed by atoms with Crippen molar-refractivity contribution in [1.29, 1.82) is 0 Å². The average molecular weight is 405 g/mol. The molecule has 0 saturated carbocycles. The van der Waals surface area contributed by atoms with Gasteiger partial charge in [0, 0.05) is 0 Å². The highest BCUT2D eigenvalue weighted by Crippen LogP contribution is 2.50. The van der Waals surface area contributed by atoms with E-state index < -0.39 is 11.5 Å². The number of hydrogen-bond donors (Lipinski definition) is 0. The van der Waals surface area contributed by atoms with E-state index in [-0.39, 0.29) is 25.0 Å². The first-order valence-corrected chi connectivity index (χ1v) is 10.8. The molecule has 0 spiro atoms. The van der Waals surface area contributed by atoms with Gasteiger partial charge in [-0.05, 0) is 55.2 Å². The molecule has 4 heteroatoms. The monoisotopic (exact) mass is 404 g/mol. The Balaban J connectivity index is 1.37. The second-order valence-electron chi connectivity index (χ2n) is 8.22. The lowest BCUT2D eigenvalue weighted by molar-refractivity contribution is -0.153. The van der Waals surface area contributed by atoms with E-state index in [9.17, 15) is 9.59 Å². The fourth-order valence-electron chi connectivity index (χ4n) is 4.68. The van der Waals surface area contributed by atoms with Gasteiger partial charge in [-0.3, -0.25) is 9.59 Å². The summed E-state index contributed by atoms with van der Waals surface area (Å²) in [6, 6.07) is 19.9. The lowest BCUT2D eigenvalue weighted by atomic mass is 9.69. The number of carbonyl (C=O) groups excluding carboxylic acids is 2. The van der Waals surface area contributed by atoms with E-state index in [2.05, 4.69) is 18.2 Å². The van der Waals surface area contributed by atoms with Gasteiger partial charge in [0.25, 0.3) is 0 Å². The van der Waals surface area contributed by atoms with Crippen molar-refractivity contribution in [3.8, 4) is 0 Å². The van der Waals surface area contributed by atoms with E-state index in [0.29, 0.717) is 0 Å². The number of hydrogen-bond acceptors (Lipinski definition) is 4. The lowest BCUT2D eigenvalue weighted by Gasteiger charge is -2.30. The van der Waals surface area contributed by atoms with E-state index in [1.807, 2.05) is 48.5 Å². The van der Waals surface area contributed by atoms with Crippen molar-refractivity contribution in [2.75, 3.05) is 0 Å². The Bertz CT molecular complexity index is 903. The predicted molar refractivity (Wildman–Crippen MR) is 114 cm³/mol. The number of esters is 2. The predicted octanol–water partition coefficient (Wildman–Crippen LogP) is 5.16. The molecule has 2 aromatic carbocycles. The van der Waals surface area contributed by atoms with Crippen LogP contribution in [0.2, 0.25) is 0 Å². The maximum absolute atomic E-state index is 12.9. The molecule has 1 aliphatic heterocycles. The summed E-state index contributed by atoms with van der Waals surface area (Å²) in [5, 5.41) is 0. The molecule has 0 amide bonds. The standard InChI is InChI=1S/C26H28O4/c27-24(29-19-21-12-5-2-6-13-21)18-23-22-15-7-8-16-26(22,25(28)30-23)17-9-14-20-10-3-1-4-11-20/h1-6,10-13,15,23H,7-9,14,16-19H2/t23?,26-/m1/s1. The third kappa shape index (κ3) is 4.48. The summed E-state index contributed by atoms with van der Waals surface area (Å²) in [7, 11) is 0. The quantitative estimate of drug-likeness (QED) is 0.450. The smallest absolute Gasteiger partial charge is 0.316 e. The molecule has 0 radical (unpaired) electrons. The van der Waals surface area contributed by atoms with Crippen LogP contribution < -0.4 is 0 Å². The zero-order valence-corrected chi connectivity index (χ0v) is 17.2. The zero-order valence-electron chi connectivity index (χ0n) is 17.2. The van der Waals surface area contributed by atoms with Gasteiger partial charge < -0.3 is 9.47 Å². The van der Waals surface area contributed by atoms with Crippen molar-refractivity contribution < 1.29 is 19.1 Å². The molecule has 0 bridgehead atoms. The Kier molecular flexibility index (Phi) is 6.32. The first-order chi connectivity index (χ1) is 14.7. The summed E-state index contributed by atoms with van der Waals surface area (Å²) in [5.74, 6) is -0.495. The highest BCUT2D eigenvalue weighted by atomic mass is 16.6. The first-order valence-electron chi connectivity index (χ1n) is 10.8. The van der Waals surface area contributed by atoms with Gasteiger partial charge in [0.15, 0.2) is 0 Å². The highest BCUT2D eigenvalue weighted by Gasteiger charge is 2.53. The van der Waals surface area contributed by atoms with Crippen LogP contribution in [0.4, 0.5) is 0 Å². The molecule has 1 heterocycles. The number of allylic oxidation sites excluding steroid dienone is 1. The normalized spacial score (nSPS) is 22.7. The molecule has 0 N–H and O–H groups in total. The minimum atomic E-state index is -0.558. The molecule has 1 aliphatic carbocycles. The van der Waals surface area contributed by atoms with Crippen LogP contribution in [0.15, 0.2) is 72.3 Å². The van der Waals surface area contributed by atoms with Gasteiger partial charge in [-0.1, -0.05) is 66.7 Å². The Hall–Kier alpha value is -2.88. The van der Waals surface area contributed by atoms with Crippen molar-refractivity contribution in [2.45, 2.75) is 57.7 Å². The summed E-state index contributed by atoms with van der Waals surface area (Å²) < 4.78 is 11.1. The Morgan fingerprint density at radius 1 is 1.03 bits per heavy atom. The number of ether oxygens (including phenoxy) is 2. The SMILES string of the molecule is O=C(CC1OC(=O)[C@@]2(CCCc3ccccc3)CCCC=C12)OCc1ccccc1. The van der Waals surface area contributed by atoms with Crippen LogP contribution in [0.5, 0.6) is 0 Å². The minimum absolute atomic E-state index is 0.0881. The van der Waals surface area contributed by atoms with Gasteiger partial charge >= 0.3 is 11.9 Å². The third-order valence-corrected chi connectivity index (χ3v) is 6.22. The van der Waals surface area contributed by atoms with Crippen LogP contribution in [-0.2, 0) is 32.1 Å². The summed E-state index contributed by atoms with van der Waals surface area (Å²) in [6.45, 7) is 0.238. The number of aryl methyl sites for hydroxylation is 1. The van der Waals surface area contributed by atoms with Gasteiger partial charge in [-0.25, -0.2) is 0 Å². The Labute approximate surface area is 177 Å². The number of cyclic esters (lactones) is 1. The molecule has 4 rings (SSSR count).